The van der Waals surface area contributed by atoms with Gasteiger partial charge in [0.25, 0.3) is 0 Å². The molecule has 1 heteroatoms. The largest absolute Gasteiger partial charge is 0.310 e. The number of nitrogens with zero attached hydrogens (tertiary/aromatic N) is 1. The minimum Gasteiger partial charge on any atom is -0.310 e. The molecule has 0 heterocycles. The molecule has 0 atom stereocenters. The number of hydrogen-bond donors (Lipinski definition) is 0. The van der Waals surface area contributed by atoms with Crippen LogP contribution >= 0.6 is 0 Å². The van der Waals surface area contributed by atoms with E-state index in [0.29, 0.717) is 22.5 Å². The number of hydrogen-bond acceptors (Lipinski definition) is 1. The molecular formula is C52H33N. The van der Waals surface area contributed by atoms with Gasteiger partial charge in [0, 0.05) is 17.1 Å². The van der Waals surface area contributed by atoms with E-state index in [1.807, 2.05) is 24.3 Å². The Balaban J connectivity index is 1.20. The van der Waals surface area contributed by atoms with Crippen LogP contribution < -0.4 is 4.90 Å². The van der Waals surface area contributed by atoms with Gasteiger partial charge in [-0.2, -0.15) is 0 Å². The van der Waals surface area contributed by atoms with Crippen molar-refractivity contribution < 1.29 is 13.7 Å². The Morgan fingerprint density at radius 2 is 0.698 bits per heavy atom. The van der Waals surface area contributed by atoms with E-state index in [-0.39, 0.29) is 35.3 Å². The van der Waals surface area contributed by atoms with Crippen LogP contribution in [-0.2, 0) is 0 Å². The average molecular weight is 682 g/mol. The lowest BCUT2D eigenvalue weighted by atomic mass is 9.87. The lowest BCUT2D eigenvalue weighted by Crippen LogP contribution is -2.10. The second-order valence-corrected chi connectivity index (χ2v) is 13.4. The van der Waals surface area contributed by atoms with Crippen LogP contribution in [0.1, 0.15) is 13.7 Å². The standard InChI is InChI=1S/C52H33N/c1-3-10-34(11-4-1)36-24-28-42(29-25-36)53(43-30-26-37(27-31-43)35-12-5-2-6-13-35)44-32-41-23-22-40-15-8-18-46-45-17-7-14-38-20-21-39-16-9-19-47(51(39)49(38)45)48(33-44)52(41)50(40)46/h1-33H/i1D,2D,3D,4D,5D,6D,10D,11D,12D,13D. The predicted octanol–water partition coefficient (Wildman–Crippen LogP) is 14.8. The Bertz CT molecular complexity index is 3560. The van der Waals surface area contributed by atoms with Crippen molar-refractivity contribution in [3.05, 3.63) is 200 Å². The molecule has 1 nitrogen and oxygen atoms in total. The number of anilines is 3. The van der Waals surface area contributed by atoms with Crippen LogP contribution in [-0.4, -0.2) is 0 Å². The molecule has 0 bridgehead atoms. The van der Waals surface area contributed by atoms with E-state index in [4.69, 9.17) is 13.7 Å². The van der Waals surface area contributed by atoms with Crippen LogP contribution in [0, 0.1) is 0 Å². The molecule has 0 saturated carbocycles. The van der Waals surface area contributed by atoms with Crippen LogP contribution in [0.5, 0.6) is 0 Å². The van der Waals surface area contributed by atoms with Gasteiger partial charge in [0.05, 0.1) is 13.7 Å². The summed E-state index contributed by atoms with van der Waals surface area (Å²) in [5.74, 6) is 0. The second-order valence-electron chi connectivity index (χ2n) is 13.4. The van der Waals surface area contributed by atoms with Gasteiger partial charge in [-0.15, -0.1) is 0 Å². The SMILES string of the molecule is [2H]c1c([2H])c([2H])c(-c2ccc(N(c3ccc(-c4c([2H])c([2H])c([2H])c([2H])c4[2H])cc3)c3cc4ccc5cccc6c7cccc8ccc9cccc(c(c3)c4c56)c9c87)cc2)c([2H])c1[2H]. The normalized spacial score (nSPS) is 14.4. The van der Waals surface area contributed by atoms with Crippen LogP contribution in [0.2, 0.25) is 0 Å². The summed E-state index contributed by atoms with van der Waals surface area (Å²) in [6.07, 6.45) is 0. The van der Waals surface area contributed by atoms with Crippen molar-refractivity contribution in [1.82, 2.24) is 0 Å². The maximum atomic E-state index is 8.65. The highest BCUT2D eigenvalue weighted by Gasteiger charge is 2.19. The van der Waals surface area contributed by atoms with Crippen LogP contribution in [0.4, 0.5) is 17.1 Å². The van der Waals surface area contributed by atoms with Crippen molar-refractivity contribution >= 4 is 81.7 Å². The molecule has 0 unspecified atom stereocenters. The third kappa shape index (κ3) is 4.71. The highest BCUT2D eigenvalue weighted by atomic mass is 15.1. The Labute approximate surface area is 322 Å². The van der Waals surface area contributed by atoms with E-state index in [2.05, 4.69) is 95.9 Å². The number of benzene rings is 10. The van der Waals surface area contributed by atoms with Gasteiger partial charge in [-0.25, -0.2) is 0 Å². The summed E-state index contributed by atoms with van der Waals surface area (Å²) in [5.41, 5.74) is 3.39. The minimum atomic E-state index is -0.453. The Kier molecular flexibility index (Phi) is 4.77. The molecule has 0 aliphatic heterocycles. The highest BCUT2D eigenvalue weighted by Crippen LogP contribution is 2.46. The Morgan fingerprint density at radius 1 is 0.302 bits per heavy atom. The average Bonchev–Trinajstić information content (AvgIpc) is 3.31. The minimum absolute atomic E-state index is 0.106. The summed E-state index contributed by atoms with van der Waals surface area (Å²) in [7, 11) is 0. The molecule has 0 N–H and O–H groups in total. The van der Waals surface area contributed by atoms with E-state index in [0.717, 1.165) is 59.5 Å². The maximum Gasteiger partial charge on any atom is 0.0629 e. The second kappa shape index (κ2) is 11.8. The van der Waals surface area contributed by atoms with Crippen molar-refractivity contribution in [1.29, 1.82) is 0 Å². The molecule has 0 radical (unpaired) electrons. The molecule has 0 saturated heterocycles. The van der Waals surface area contributed by atoms with Gasteiger partial charge in [0.2, 0.25) is 0 Å². The zero-order valence-corrected chi connectivity index (χ0v) is 28.2. The molecule has 0 fully saturated rings. The summed E-state index contributed by atoms with van der Waals surface area (Å²) >= 11 is 0. The molecule has 11 rings (SSSR count). The van der Waals surface area contributed by atoms with E-state index in [9.17, 15) is 0 Å². The van der Waals surface area contributed by atoms with Crippen molar-refractivity contribution in [2.24, 2.45) is 0 Å². The summed E-state index contributed by atoms with van der Waals surface area (Å²) in [6.45, 7) is 0. The third-order valence-corrected chi connectivity index (χ3v) is 10.5. The van der Waals surface area contributed by atoms with E-state index < -0.39 is 36.3 Å². The summed E-state index contributed by atoms with van der Waals surface area (Å²) < 4.78 is 84.0. The summed E-state index contributed by atoms with van der Waals surface area (Å²) in [5, 5.41) is 13.5. The van der Waals surface area contributed by atoms with Gasteiger partial charge in [-0.05, 0) is 123 Å². The Morgan fingerprint density at radius 3 is 1.15 bits per heavy atom. The molecule has 246 valence electrons. The Hall–Kier alpha value is -6.96. The topological polar surface area (TPSA) is 3.24 Å². The fourth-order valence-corrected chi connectivity index (χ4v) is 8.19. The molecule has 0 spiro atoms. The first-order chi connectivity index (χ1) is 30.4. The molecule has 0 amide bonds. The summed E-state index contributed by atoms with van der Waals surface area (Å²) in [6, 6.07) is 43.3. The predicted molar refractivity (Wildman–Crippen MR) is 228 cm³/mol. The van der Waals surface area contributed by atoms with Crippen molar-refractivity contribution in [3.8, 4) is 22.3 Å². The van der Waals surface area contributed by atoms with Crippen molar-refractivity contribution in [2.45, 2.75) is 0 Å². The molecule has 11 aromatic rings. The number of rotatable bonds is 5. The highest BCUT2D eigenvalue weighted by molar-refractivity contribution is 6.37. The summed E-state index contributed by atoms with van der Waals surface area (Å²) in [4.78, 5) is 2.08. The van der Waals surface area contributed by atoms with Crippen LogP contribution in [0.3, 0.4) is 0 Å². The first kappa shape index (κ1) is 21.4. The maximum absolute atomic E-state index is 8.65. The molecule has 0 aliphatic carbocycles. The third-order valence-electron chi connectivity index (χ3n) is 10.5. The first-order valence-corrected chi connectivity index (χ1v) is 17.5. The first-order valence-electron chi connectivity index (χ1n) is 22.5. The zero-order valence-electron chi connectivity index (χ0n) is 38.2. The van der Waals surface area contributed by atoms with E-state index in [1.54, 1.807) is 24.3 Å². The fourth-order valence-electron chi connectivity index (χ4n) is 8.19. The molecule has 11 aromatic carbocycles. The smallest absolute Gasteiger partial charge is 0.0629 e. The van der Waals surface area contributed by atoms with Gasteiger partial charge < -0.3 is 4.90 Å². The van der Waals surface area contributed by atoms with Crippen LogP contribution in [0.25, 0.3) is 86.9 Å². The lowest BCUT2D eigenvalue weighted by molar-refractivity contribution is 1.29. The monoisotopic (exact) mass is 681 g/mol. The zero-order chi connectivity index (χ0) is 43.6. The molecule has 0 aliphatic rings. The molecule has 53 heavy (non-hydrogen) atoms. The van der Waals surface area contributed by atoms with Crippen molar-refractivity contribution in [2.75, 3.05) is 4.90 Å². The van der Waals surface area contributed by atoms with E-state index >= 15 is 0 Å². The van der Waals surface area contributed by atoms with Gasteiger partial charge in [0.15, 0.2) is 0 Å². The van der Waals surface area contributed by atoms with Gasteiger partial charge in [-0.3, -0.25) is 0 Å². The quantitative estimate of drug-likeness (QED) is 0.163. The van der Waals surface area contributed by atoms with Gasteiger partial charge in [-0.1, -0.05) is 164 Å². The fraction of sp³-hybridized carbons (Fsp3) is 0. The van der Waals surface area contributed by atoms with Crippen molar-refractivity contribution in [3.63, 3.8) is 0 Å². The lowest BCUT2D eigenvalue weighted by Gasteiger charge is -2.27. The van der Waals surface area contributed by atoms with E-state index in [1.165, 1.54) is 10.8 Å². The molecular weight excluding hydrogens is 639 g/mol. The molecule has 0 aromatic heterocycles. The number of fused-ring (bicyclic) bond motifs is 2. The van der Waals surface area contributed by atoms with Gasteiger partial charge >= 0.3 is 0 Å². The van der Waals surface area contributed by atoms with Gasteiger partial charge in [0.1, 0.15) is 0 Å². The van der Waals surface area contributed by atoms with Crippen LogP contribution in [0.15, 0.2) is 200 Å².